The predicted octanol–water partition coefficient (Wildman–Crippen LogP) is -0.153. The zero-order chi connectivity index (χ0) is 18.7. The van der Waals surface area contributed by atoms with E-state index in [9.17, 15) is 13.2 Å². The third kappa shape index (κ3) is 4.08. The quantitative estimate of drug-likeness (QED) is 0.694. The van der Waals surface area contributed by atoms with Crippen molar-refractivity contribution in [3.63, 3.8) is 0 Å². The molecule has 2 aliphatic rings. The molecule has 10 heteroatoms. The van der Waals surface area contributed by atoms with Crippen LogP contribution in [0.15, 0.2) is 9.42 Å². The van der Waals surface area contributed by atoms with Crippen molar-refractivity contribution in [3.8, 4) is 0 Å². The first-order valence-corrected chi connectivity index (χ1v) is 10.3. The van der Waals surface area contributed by atoms with Crippen LogP contribution in [0.3, 0.4) is 0 Å². The molecule has 0 saturated carbocycles. The highest BCUT2D eigenvalue weighted by molar-refractivity contribution is 7.89. The van der Waals surface area contributed by atoms with E-state index in [1.807, 2.05) is 0 Å². The van der Waals surface area contributed by atoms with Crippen LogP contribution in [0.2, 0.25) is 0 Å². The topological polar surface area (TPSA) is 96.2 Å². The molecule has 2 fully saturated rings. The van der Waals surface area contributed by atoms with Gasteiger partial charge in [0.25, 0.3) is 0 Å². The number of rotatable bonds is 5. The molecule has 1 aromatic heterocycles. The van der Waals surface area contributed by atoms with Gasteiger partial charge in [-0.25, -0.2) is 8.42 Å². The molecule has 2 aliphatic heterocycles. The average Bonchev–Trinajstić information content (AvgIpc) is 2.99. The largest absolute Gasteiger partial charge is 0.379 e. The van der Waals surface area contributed by atoms with Crippen LogP contribution in [0, 0.1) is 13.8 Å². The summed E-state index contributed by atoms with van der Waals surface area (Å²) in [6, 6.07) is 0. The first-order valence-electron chi connectivity index (χ1n) is 8.90. The Morgan fingerprint density at radius 2 is 1.73 bits per heavy atom. The monoisotopic (exact) mass is 386 g/mol. The number of sulfonamides is 1. The normalized spacial score (nSPS) is 20.5. The molecular weight excluding hydrogens is 360 g/mol. The minimum absolute atomic E-state index is 0.0749. The van der Waals surface area contributed by atoms with E-state index in [1.165, 1.54) is 4.31 Å². The second-order valence-corrected chi connectivity index (χ2v) is 8.52. The highest BCUT2D eigenvalue weighted by atomic mass is 32.2. The summed E-state index contributed by atoms with van der Waals surface area (Å²) in [5, 5.41) is 3.73. The number of hydrogen-bond donors (Lipinski definition) is 0. The van der Waals surface area contributed by atoms with Crippen LogP contribution in [0.4, 0.5) is 0 Å². The lowest BCUT2D eigenvalue weighted by molar-refractivity contribution is -0.133. The van der Waals surface area contributed by atoms with Crippen LogP contribution < -0.4 is 0 Å². The van der Waals surface area contributed by atoms with Crippen LogP contribution >= 0.6 is 0 Å². The lowest BCUT2D eigenvalue weighted by atomic mass is 10.3. The Morgan fingerprint density at radius 1 is 1.08 bits per heavy atom. The van der Waals surface area contributed by atoms with Crippen molar-refractivity contribution in [3.05, 3.63) is 11.5 Å². The molecule has 1 aromatic rings. The molecular formula is C16H26N4O5S. The summed E-state index contributed by atoms with van der Waals surface area (Å²) in [5.41, 5.74) is 0.367. The molecule has 0 aromatic carbocycles. The minimum atomic E-state index is -3.64. The van der Waals surface area contributed by atoms with Crippen molar-refractivity contribution in [2.45, 2.75) is 25.2 Å². The third-order valence-corrected chi connectivity index (χ3v) is 7.05. The van der Waals surface area contributed by atoms with Crippen LogP contribution in [-0.2, 0) is 19.6 Å². The number of aryl methyl sites for hydroxylation is 2. The van der Waals surface area contributed by atoms with E-state index in [0.717, 1.165) is 19.6 Å². The average molecular weight is 386 g/mol. The van der Waals surface area contributed by atoms with Crippen molar-refractivity contribution >= 4 is 15.9 Å². The van der Waals surface area contributed by atoms with Crippen molar-refractivity contribution in [1.82, 2.24) is 19.3 Å². The summed E-state index contributed by atoms with van der Waals surface area (Å²) in [7, 11) is -3.64. The summed E-state index contributed by atoms with van der Waals surface area (Å²) >= 11 is 0. The number of amides is 1. The zero-order valence-corrected chi connectivity index (χ0v) is 16.1. The number of ether oxygens (including phenoxy) is 1. The predicted molar refractivity (Wildman–Crippen MR) is 93.2 cm³/mol. The van der Waals surface area contributed by atoms with Gasteiger partial charge in [0.15, 0.2) is 5.76 Å². The molecule has 3 rings (SSSR count). The van der Waals surface area contributed by atoms with Gasteiger partial charge in [0, 0.05) is 52.2 Å². The van der Waals surface area contributed by atoms with Crippen LogP contribution in [0.5, 0.6) is 0 Å². The lowest BCUT2D eigenvalue weighted by Crippen LogP contribution is -2.51. The summed E-state index contributed by atoms with van der Waals surface area (Å²) in [6.45, 7) is 8.47. The Bertz CT molecular complexity index is 714. The van der Waals surface area contributed by atoms with Gasteiger partial charge in [-0.3, -0.25) is 9.69 Å². The Labute approximate surface area is 153 Å². The smallest absolute Gasteiger partial charge is 0.248 e. The van der Waals surface area contributed by atoms with E-state index >= 15 is 0 Å². The molecule has 0 bridgehead atoms. The molecule has 26 heavy (non-hydrogen) atoms. The maximum atomic E-state index is 12.8. The Balaban J connectivity index is 1.53. The van der Waals surface area contributed by atoms with E-state index < -0.39 is 10.0 Å². The van der Waals surface area contributed by atoms with Gasteiger partial charge < -0.3 is 14.2 Å². The van der Waals surface area contributed by atoms with Gasteiger partial charge in [0.2, 0.25) is 15.9 Å². The van der Waals surface area contributed by atoms with E-state index in [-0.39, 0.29) is 23.9 Å². The number of aromatic nitrogens is 1. The van der Waals surface area contributed by atoms with Crippen LogP contribution in [0.1, 0.15) is 17.9 Å². The molecule has 1 amide bonds. The van der Waals surface area contributed by atoms with Gasteiger partial charge in [0.1, 0.15) is 10.6 Å². The molecule has 146 valence electrons. The van der Waals surface area contributed by atoms with E-state index in [0.29, 0.717) is 44.2 Å². The van der Waals surface area contributed by atoms with Gasteiger partial charge in [-0.2, -0.15) is 4.31 Å². The number of nitrogens with zero attached hydrogens (tertiary/aromatic N) is 4. The third-order valence-electron chi connectivity index (χ3n) is 4.90. The Morgan fingerprint density at radius 3 is 2.31 bits per heavy atom. The highest BCUT2D eigenvalue weighted by Gasteiger charge is 2.34. The Hall–Kier alpha value is -1.49. The van der Waals surface area contributed by atoms with E-state index in [2.05, 4.69) is 10.1 Å². The van der Waals surface area contributed by atoms with Crippen LogP contribution in [-0.4, -0.2) is 92.6 Å². The Kier molecular flexibility index (Phi) is 5.96. The van der Waals surface area contributed by atoms with E-state index in [4.69, 9.17) is 9.26 Å². The maximum Gasteiger partial charge on any atom is 0.248 e. The van der Waals surface area contributed by atoms with Crippen molar-refractivity contribution in [2.24, 2.45) is 0 Å². The van der Waals surface area contributed by atoms with Crippen molar-refractivity contribution < 1.29 is 22.5 Å². The molecule has 0 atom stereocenters. The summed E-state index contributed by atoms with van der Waals surface area (Å²) < 4.78 is 37.3. The second kappa shape index (κ2) is 8.03. The van der Waals surface area contributed by atoms with Crippen molar-refractivity contribution in [1.29, 1.82) is 0 Å². The number of hydrogen-bond acceptors (Lipinski definition) is 7. The van der Waals surface area contributed by atoms with Crippen molar-refractivity contribution in [2.75, 3.05) is 59.0 Å². The fraction of sp³-hybridized carbons (Fsp3) is 0.750. The SMILES string of the molecule is Cc1noc(C)c1S(=O)(=O)N1CCN(C(=O)CCN2CCOCC2)CC1. The maximum absolute atomic E-state index is 12.8. The highest BCUT2D eigenvalue weighted by Crippen LogP contribution is 2.24. The number of carbonyl (C=O) groups excluding carboxylic acids is 1. The summed E-state index contributed by atoms with van der Waals surface area (Å²) in [5.74, 6) is 0.373. The van der Waals surface area contributed by atoms with E-state index in [1.54, 1.807) is 18.7 Å². The molecule has 0 unspecified atom stereocenters. The number of piperazine rings is 1. The number of carbonyl (C=O) groups is 1. The summed E-state index contributed by atoms with van der Waals surface area (Å²) in [6.07, 6.45) is 0.455. The first kappa shape index (κ1) is 19.3. The molecule has 0 radical (unpaired) electrons. The fourth-order valence-corrected chi connectivity index (χ4v) is 5.10. The van der Waals surface area contributed by atoms with Gasteiger partial charge in [-0.05, 0) is 13.8 Å². The second-order valence-electron chi connectivity index (χ2n) is 6.64. The molecule has 0 spiro atoms. The minimum Gasteiger partial charge on any atom is -0.379 e. The lowest BCUT2D eigenvalue weighted by Gasteiger charge is -2.34. The zero-order valence-electron chi connectivity index (χ0n) is 15.3. The van der Waals surface area contributed by atoms with Gasteiger partial charge in [0.05, 0.1) is 13.2 Å². The molecule has 9 nitrogen and oxygen atoms in total. The van der Waals surface area contributed by atoms with Gasteiger partial charge in [-0.1, -0.05) is 5.16 Å². The van der Waals surface area contributed by atoms with Gasteiger partial charge >= 0.3 is 0 Å². The molecule has 3 heterocycles. The molecule has 0 N–H and O–H groups in total. The standard InChI is InChI=1S/C16H26N4O5S/c1-13-16(14(2)25-17-13)26(22,23)20-7-5-19(6-8-20)15(21)3-4-18-9-11-24-12-10-18/h3-12H2,1-2H3. The van der Waals surface area contributed by atoms with Gasteiger partial charge in [-0.15, -0.1) is 0 Å². The summed E-state index contributed by atoms with van der Waals surface area (Å²) in [4.78, 5) is 16.5. The molecule has 0 aliphatic carbocycles. The molecule has 2 saturated heterocycles. The van der Waals surface area contributed by atoms with Crippen LogP contribution in [0.25, 0.3) is 0 Å². The first-order chi connectivity index (χ1) is 12.4. The number of morpholine rings is 1. The fourth-order valence-electron chi connectivity index (χ4n) is 3.39.